The molecule has 232 valence electrons. The van der Waals surface area contributed by atoms with Crippen molar-refractivity contribution in [2.24, 2.45) is 5.73 Å². The average molecular weight is 554 g/mol. The molecule has 0 bridgehead atoms. The Kier molecular flexibility index (Phi) is 29.6. The van der Waals surface area contributed by atoms with E-state index < -0.39 is 18.2 Å². The first kappa shape index (κ1) is 38.2. The number of aliphatic hydroxyl groups is 3. The summed E-state index contributed by atoms with van der Waals surface area (Å²) >= 11 is 0. The van der Waals surface area contributed by atoms with Crippen LogP contribution in [0.4, 0.5) is 0 Å². The first-order valence-corrected chi connectivity index (χ1v) is 17.0. The maximum Gasteiger partial charge on any atom is 0.162 e. The maximum atomic E-state index is 12.3. The summed E-state index contributed by atoms with van der Waals surface area (Å²) in [5.74, 6) is -0.251. The number of allylic oxidation sites excluding steroid dienone is 1. The molecule has 0 amide bonds. The Morgan fingerprint density at radius 2 is 1.00 bits per heavy atom. The van der Waals surface area contributed by atoms with Crippen molar-refractivity contribution in [1.82, 2.24) is 0 Å². The topological polar surface area (TPSA) is 104 Å². The molecular formula is C34H67NO4. The molecule has 0 radical (unpaired) electrons. The zero-order valence-electron chi connectivity index (χ0n) is 25.8. The van der Waals surface area contributed by atoms with Crippen molar-refractivity contribution in [2.75, 3.05) is 6.61 Å². The van der Waals surface area contributed by atoms with Crippen LogP contribution in [0.3, 0.4) is 0 Å². The van der Waals surface area contributed by atoms with Crippen molar-refractivity contribution in [3.63, 3.8) is 0 Å². The van der Waals surface area contributed by atoms with Gasteiger partial charge in [0.1, 0.15) is 6.10 Å². The molecule has 0 rings (SSSR count). The Bertz CT molecular complexity index is 539. The van der Waals surface area contributed by atoms with E-state index in [0.29, 0.717) is 13.0 Å². The summed E-state index contributed by atoms with van der Waals surface area (Å²) in [5.41, 5.74) is 5.98. The van der Waals surface area contributed by atoms with Crippen LogP contribution in [0.15, 0.2) is 12.2 Å². The SMILES string of the molecule is CCCCCCCCCCCCC/C=C/[C@@H](O)[C@@H](N)C(O)C(=O)CCCCCCCCCCCCCCCO. The smallest absolute Gasteiger partial charge is 0.162 e. The van der Waals surface area contributed by atoms with E-state index in [9.17, 15) is 15.0 Å². The summed E-state index contributed by atoms with van der Waals surface area (Å²) in [7, 11) is 0. The lowest BCUT2D eigenvalue weighted by atomic mass is 9.97. The zero-order valence-corrected chi connectivity index (χ0v) is 25.8. The number of Topliss-reactive ketones (excluding diaryl/α,β-unsaturated/α-hetero) is 1. The lowest BCUT2D eigenvalue weighted by molar-refractivity contribution is -0.129. The molecule has 0 aliphatic rings. The van der Waals surface area contributed by atoms with Crippen LogP contribution in [0.25, 0.3) is 0 Å². The van der Waals surface area contributed by atoms with Gasteiger partial charge in [0.25, 0.3) is 0 Å². The molecule has 5 N–H and O–H groups in total. The molecule has 1 unspecified atom stereocenters. The van der Waals surface area contributed by atoms with Gasteiger partial charge in [-0.05, 0) is 25.7 Å². The minimum Gasteiger partial charge on any atom is -0.396 e. The number of ketones is 1. The lowest BCUT2D eigenvalue weighted by Gasteiger charge is -2.21. The zero-order chi connectivity index (χ0) is 28.8. The van der Waals surface area contributed by atoms with Crippen LogP contribution < -0.4 is 5.73 Å². The van der Waals surface area contributed by atoms with Crippen molar-refractivity contribution in [1.29, 1.82) is 0 Å². The molecule has 0 fully saturated rings. The van der Waals surface area contributed by atoms with Gasteiger partial charge in [-0.25, -0.2) is 0 Å². The van der Waals surface area contributed by atoms with Crippen LogP contribution >= 0.6 is 0 Å². The quantitative estimate of drug-likeness (QED) is 0.0510. The van der Waals surface area contributed by atoms with Crippen molar-refractivity contribution >= 4 is 5.78 Å². The van der Waals surface area contributed by atoms with Gasteiger partial charge in [-0.2, -0.15) is 0 Å². The maximum absolute atomic E-state index is 12.3. The van der Waals surface area contributed by atoms with Crippen LogP contribution in [0.1, 0.15) is 174 Å². The standard InChI is InChI=1S/C34H67NO4/c1-2-3-4-5-6-7-8-10-13-16-19-22-25-28-31(37)33(35)34(39)32(38)29-26-23-20-17-14-11-9-12-15-18-21-24-27-30-36/h25,28,31,33-34,36-37,39H,2-24,26-27,29-30,35H2,1H3/b28-25+/t31-,33-,34?/m1/s1. The normalized spacial score (nSPS) is 14.2. The molecule has 0 saturated heterocycles. The molecule has 0 aromatic rings. The third kappa shape index (κ3) is 25.9. The molecule has 0 aliphatic carbocycles. The Labute approximate surface area is 242 Å². The van der Waals surface area contributed by atoms with Gasteiger partial charge < -0.3 is 21.1 Å². The fraction of sp³-hybridized carbons (Fsp3) is 0.912. The first-order valence-electron chi connectivity index (χ1n) is 17.0. The fourth-order valence-corrected chi connectivity index (χ4v) is 5.20. The summed E-state index contributed by atoms with van der Waals surface area (Å²) < 4.78 is 0. The van der Waals surface area contributed by atoms with Gasteiger partial charge >= 0.3 is 0 Å². The molecule has 39 heavy (non-hydrogen) atoms. The molecule has 0 aliphatic heterocycles. The van der Waals surface area contributed by atoms with Gasteiger partial charge in [0.2, 0.25) is 0 Å². The molecule has 0 heterocycles. The van der Waals surface area contributed by atoms with Gasteiger partial charge in [-0.3, -0.25) is 4.79 Å². The Balaban J connectivity index is 3.64. The van der Waals surface area contributed by atoms with Gasteiger partial charge in [0, 0.05) is 13.0 Å². The van der Waals surface area contributed by atoms with Crippen LogP contribution in [0.2, 0.25) is 0 Å². The number of hydrogen-bond acceptors (Lipinski definition) is 5. The number of nitrogens with two attached hydrogens (primary N) is 1. The van der Waals surface area contributed by atoms with Gasteiger partial charge in [0.05, 0.1) is 12.1 Å². The van der Waals surface area contributed by atoms with E-state index in [4.69, 9.17) is 10.8 Å². The van der Waals surface area contributed by atoms with Crippen LogP contribution in [-0.4, -0.2) is 46.0 Å². The predicted octanol–water partition coefficient (Wildman–Crippen LogP) is 8.32. The van der Waals surface area contributed by atoms with E-state index in [1.807, 2.05) is 6.08 Å². The number of aliphatic hydroxyl groups excluding tert-OH is 3. The van der Waals surface area contributed by atoms with Gasteiger partial charge in [-0.1, -0.05) is 154 Å². The van der Waals surface area contributed by atoms with Crippen LogP contribution in [-0.2, 0) is 4.79 Å². The minimum atomic E-state index is -1.30. The molecule has 0 aromatic carbocycles. The van der Waals surface area contributed by atoms with Gasteiger partial charge in [0.15, 0.2) is 5.78 Å². The second-order valence-corrected chi connectivity index (χ2v) is 11.8. The van der Waals surface area contributed by atoms with Crippen LogP contribution in [0.5, 0.6) is 0 Å². The fourth-order valence-electron chi connectivity index (χ4n) is 5.20. The summed E-state index contributed by atoms with van der Waals surface area (Å²) in [5, 5.41) is 29.3. The lowest BCUT2D eigenvalue weighted by Crippen LogP contribution is -2.47. The van der Waals surface area contributed by atoms with Crippen molar-refractivity contribution in [3.8, 4) is 0 Å². The first-order chi connectivity index (χ1) is 19.0. The minimum absolute atomic E-state index is 0.251. The summed E-state index contributed by atoms with van der Waals surface area (Å²) in [6.07, 6.45) is 32.2. The van der Waals surface area contributed by atoms with Crippen molar-refractivity contribution < 1.29 is 20.1 Å². The van der Waals surface area contributed by atoms with Gasteiger partial charge in [-0.15, -0.1) is 0 Å². The number of hydrogen-bond donors (Lipinski definition) is 4. The average Bonchev–Trinajstić information content (AvgIpc) is 2.94. The summed E-state index contributed by atoms with van der Waals surface area (Å²) in [6, 6.07) is -0.958. The Morgan fingerprint density at radius 3 is 1.44 bits per heavy atom. The monoisotopic (exact) mass is 554 g/mol. The Hall–Kier alpha value is -0.750. The van der Waals surface area contributed by atoms with E-state index in [0.717, 1.165) is 44.9 Å². The third-order valence-corrected chi connectivity index (χ3v) is 7.98. The molecule has 0 spiro atoms. The Morgan fingerprint density at radius 1 is 0.615 bits per heavy atom. The second-order valence-electron chi connectivity index (χ2n) is 11.8. The van der Waals surface area contributed by atoms with Crippen molar-refractivity contribution in [2.45, 2.75) is 192 Å². The molecule has 5 nitrogen and oxygen atoms in total. The highest BCUT2D eigenvalue weighted by molar-refractivity contribution is 5.83. The van der Waals surface area contributed by atoms with Crippen LogP contribution in [0, 0.1) is 0 Å². The van der Waals surface area contributed by atoms with E-state index in [1.54, 1.807) is 6.08 Å². The number of carbonyl (C=O) groups excluding carboxylic acids is 1. The predicted molar refractivity (Wildman–Crippen MR) is 167 cm³/mol. The van der Waals surface area contributed by atoms with E-state index in [-0.39, 0.29) is 5.78 Å². The molecule has 0 saturated carbocycles. The largest absolute Gasteiger partial charge is 0.396 e. The number of carbonyl (C=O) groups is 1. The highest BCUT2D eigenvalue weighted by Crippen LogP contribution is 2.15. The van der Waals surface area contributed by atoms with E-state index in [1.165, 1.54) is 116 Å². The third-order valence-electron chi connectivity index (χ3n) is 7.98. The molecule has 5 heteroatoms. The number of unbranched alkanes of at least 4 members (excludes halogenated alkanes) is 23. The molecule has 3 atom stereocenters. The van der Waals surface area contributed by atoms with Crippen molar-refractivity contribution in [3.05, 3.63) is 12.2 Å². The van der Waals surface area contributed by atoms with E-state index in [2.05, 4.69) is 6.92 Å². The molecule has 0 aromatic heterocycles. The summed E-state index contributed by atoms with van der Waals surface area (Å²) in [6.45, 7) is 2.58. The highest BCUT2D eigenvalue weighted by Gasteiger charge is 2.26. The second kappa shape index (κ2) is 30.2. The summed E-state index contributed by atoms with van der Waals surface area (Å²) in [4.78, 5) is 12.3. The number of rotatable bonds is 31. The highest BCUT2D eigenvalue weighted by atomic mass is 16.3. The van der Waals surface area contributed by atoms with E-state index >= 15 is 0 Å². The molecular weight excluding hydrogens is 486 g/mol.